The van der Waals surface area contributed by atoms with Gasteiger partial charge in [0, 0.05) is 24.5 Å². The van der Waals surface area contributed by atoms with Gasteiger partial charge < -0.3 is 15.0 Å². The van der Waals surface area contributed by atoms with Crippen LogP contribution in [0.1, 0.15) is 27.9 Å². The van der Waals surface area contributed by atoms with Gasteiger partial charge in [0.25, 0.3) is 5.91 Å². The van der Waals surface area contributed by atoms with Crippen molar-refractivity contribution in [3.8, 4) is 0 Å². The van der Waals surface area contributed by atoms with Gasteiger partial charge in [0.15, 0.2) is 0 Å². The van der Waals surface area contributed by atoms with Crippen molar-refractivity contribution in [2.75, 3.05) is 36.5 Å². The van der Waals surface area contributed by atoms with E-state index >= 15 is 0 Å². The molecule has 2 aromatic rings. The molecule has 1 fully saturated rings. The van der Waals surface area contributed by atoms with Gasteiger partial charge in [-0.1, -0.05) is 11.4 Å². The van der Waals surface area contributed by atoms with E-state index in [4.69, 9.17) is 4.74 Å². The van der Waals surface area contributed by atoms with Crippen molar-refractivity contribution < 1.29 is 9.53 Å². The van der Waals surface area contributed by atoms with Crippen LogP contribution < -0.4 is 10.2 Å². The average molecular weight is 332 g/mol. The zero-order chi connectivity index (χ0) is 16.2. The van der Waals surface area contributed by atoms with Crippen LogP contribution in [0, 0.1) is 6.92 Å². The van der Waals surface area contributed by atoms with E-state index in [1.807, 2.05) is 26.0 Å². The van der Waals surface area contributed by atoms with Gasteiger partial charge in [-0.25, -0.2) is 0 Å². The minimum absolute atomic E-state index is 0.140. The number of nitrogens with zero attached hydrogens (tertiary/aromatic N) is 3. The Balaban J connectivity index is 1.74. The van der Waals surface area contributed by atoms with Crippen molar-refractivity contribution >= 4 is 28.8 Å². The maximum atomic E-state index is 12.4. The smallest absolute Gasteiger partial charge is 0.269 e. The molecule has 6 nitrogen and oxygen atoms in total. The van der Waals surface area contributed by atoms with Crippen molar-refractivity contribution in [2.45, 2.75) is 20.3 Å². The highest BCUT2D eigenvalue weighted by Gasteiger charge is 2.17. The van der Waals surface area contributed by atoms with Crippen molar-refractivity contribution in [2.24, 2.45) is 0 Å². The summed E-state index contributed by atoms with van der Waals surface area (Å²) in [5, 5.41) is 6.95. The Hall–Kier alpha value is -1.99. The summed E-state index contributed by atoms with van der Waals surface area (Å²) in [7, 11) is 0. The highest BCUT2D eigenvalue weighted by Crippen LogP contribution is 2.24. The number of aromatic nitrogens is 2. The van der Waals surface area contributed by atoms with E-state index in [1.54, 1.807) is 0 Å². The van der Waals surface area contributed by atoms with Crippen LogP contribution in [0.25, 0.3) is 0 Å². The minimum atomic E-state index is -0.140. The molecule has 1 aromatic carbocycles. The third-order valence-corrected chi connectivity index (χ3v) is 4.70. The maximum Gasteiger partial charge on any atom is 0.269 e. The first kappa shape index (κ1) is 15.9. The number of nitrogens with one attached hydrogen (secondary N) is 1. The van der Waals surface area contributed by atoms with Crippen LogP contribution in [0.4, 0.5) is 11.4 Å². The molecular weight excluding hydrogens is 312 g/mol. The van der Waals surface area contributed by atoms with Gasteiger partial charge in [-0.15, -0.1) is 5.10 Å². The number of hydrogen-bond donors (Lipinski definition) is 1. The number of benzene rings is 1. The zero-order valence-corrected chi connectivity index (χ0v) is 14.2. The van der Waals surface area contributed by atoms with E-state index in [1.165, 1.54) is 0 Å². The molecule has 0 atom stereocenters. The summed E-state index contributed by atoms with van der Waals surface area (Å²) in [6, 6.07) is 6.10. The number of anilines is 2. The van der Waals surface area contributed by atoms with Gasteiger partial charge in [-0.05, 0) is 48.6 Å². The van der Waals surface area contributed by atoms with Crippen LogP contribution >= 0.6 is 11.5 Å². The summed E-state index contributed by atoms with van der Waals surface area (Å²) >= 11 is 1.14. The minimum Gasteiger partial charge on any atom is -0.378 e. The molecule has 23 heavy (non-hydrogen) atoms. The number of hydrogen-bond acceptors (Lipinski definition) is 6. The van der Waals surface area contributed by atoms with Crippen molar-refractivity contribution in [1.82, 2.24) is 9.59 Å². The Morgan fingerprint density at radius 3 is 2.87 bits per heavy atom. The van der Waals surface area contributed by atoms with Gasteiger partial charge in [0.2, 0.25) is 0 Å². The fourth-order valence-corrected chi connectivity index (χ4v) is 3.24. The second-order valence-electron chi connectivity index (χ2n) is 5.46. The van der Waals surface area contributed by atoms with Gasteiger partial charge in [0.1, 0.15) is 4.88 Å². The quantitative estimate of drug-likeness (QED) is 0.932. The van der Waals surface area contributed by atoms with Crippen molar-refractivity contribution in [3.05, 3.63) is 34.3 Å². The monoisotopic (exact) mass is 332 g/mol. The molecule has 1 amide bonds. The Morgan fingerprint density at radius 2 is 2.17 bits per heavy atom. The van der Waals surface area contributed by atoms with Crippen molar-refractivity contribution in [1.29, 1.82) is 0 Å². The lowest BCUT2D eigenvalue weighted by atomic mass is 10.1. The molecule has 122 valence electrons. The second-order valence-corrected chi connectivity index (χ2v) is 6.21. The molecule has 0 aliphatic carbocycles. The SMILES string of the molecule is CCc1nnsc1C(=O)Nc1ccc(N2CCOCC2)cc1C. The second kappa shape index (κ2) is 7.06. The molecule has 3 rings (SSSR count). The maximum absolute atomic E-state index is 12.4. The Labute approximate surface area is 139 Å². The lowest BCUT2D eigenvalue weighted by Crippen LogP contribution is -2.36. The van der Waals surface area contributed by atoms with E-state index in [0.29, 0.717) is 11.3 Å². The molecule has 7 heteroatoms. The predicted molar refractivity (Wildman–Crippen MR) is 91.5 cm³/mol. The summed E-state index contributed by atoms with van der Waals surface area (Å²) in [6.45, 7) is 7.29. The van der Waals surface area contributed by atoms with Crippen LogP contribution in [0.2, 0.25) is 0 Å². The van der Waals surface area contributed by atoms with E-state index in [0.717, 1.165) is 60.5 Å². The van der Waals surface area contributed by atoms with Crippen LogP contribution in [0.5, 0.6) is 0 Å². The van der Waals surface area contributed by atoms with E-state index in [-0.39, 0.29) is 5.91 Å². The first-order valence-electron chi connectivity index (χ1n) is 7.75. The predicted octanol–water partition coefficient (Wildman–Crippen LogP) is 2.50. The number of rotatable bonds is 4. The number of ether oxygens (including phenoxy) is 1. The first-order valence-corrected chi connectivity index (χ1v) is 8.52. The van der Waals surface area contributed by atoms with Gasteiger partial charge in [-0.3, -0.25) is 4.79 Å². The molecule has 1 N–H and O–H groups in total. The third-order valence-electron chi connectivity index (χ3n) is 3.93. The molecule has 1 aliphatic heterocycles. The fourth-order valence-electron chi connectivity index (χ4n) is 2.60. The summed E-state index contributed by atoms with van der Waals surface area (Å²) < 4.78 is 9.25. The third kappa shape index (κ3) is 3.51. The van der Waals surface area contributed by atoms with Crippen LogP contribution in [0.3, 0.4) is 0 Å². The van der Waals surface area contributed by atoms with E-state index in [2.05, 4.69) is 25.9 Å². The van der Waals surface area contributed by atoms with Gasteiger partial charge >= 0.3 is 0 Å². The van der Waals surface area contributed by atoms with Crippen LogP contribution in [0.15, 0.2) is 18.2 Å². The molecule has 0 unspecified atom stereocenters. The summed E-state index contributed by atoms with van der Waals surface area (Å²) in [4.78, 5) is 15.3. The molecule has 1 aromatic heterocycles. The molecule has 0 spiro atoms. The number of morpholine rings is 1. The Morgan fingerprint density at radius 1 is 1.39 bits per heavy atom. The molecule has 0 saturated carbocycles. The first-order chi connectivity index (χ1) is 11.2. The molecule has 1 aliphatic rings. The molecule has 1 saturated heterocycles. The standard InChI is InChI=1S/C16H20N4O2S/c1-3-13-15(23-19-18-13)16(21)17-14-5-4-12(10-11(14)2)20-6-8-22-9-7-20/h4-5,10H,3,6-9H2,1-2H3,(H,17,21). The number of carbonyl (C=O) groups is 1. The van der Waals surface area contributed by atoms with Gasteiger partial charge in [-0.2, -0.15) is 0 Å². The van der Waals surface area contributed by atoms with Crippen LogP contribution in [-0.2, 0) is 11.2 Å². The van der Waals surface area contributed by atoms with Crippen molar-refractivity contribution in [3.63, 3.8) is 0 Å². The molecule has 0 radical (unpaired) electrons. The Kier molecular flexibility index (Phi) is 4.88. The highest BCUT2D eigenvalue weighted by molar-refractivity contribution is 7.08. The highest BCUT2D eigenvalue weighted by atomic mass is 32.1. The summed E-state index contributed by atoms with van der Waals surface area (Å²) in [6.07, 6.45) is 0.703. The molecule has 2 heterocycles. The van der Waals surface area contributed by atoms with E-state index in [9.17, 15) is 4.79 Å². The molecule has 0 bridgehead atoms. The normalized spacial score (nSPS) is 14.8. The lowest BCUT2D eigenvalue weighted by molar-refractivity contribution is 0.102. The summed E-state index contributed by atoms with van der Waals surface area (Å²) in [5.74, 6) is -0.140. The molecular formula is C16H20N4O2S. The van der Waals surface area contributed by atoms with E-state index < -0.39 is 0 Å². The van der Waals surface area contributed by atoms with Crippen LogP contribution in [-0.4, -0.2) is 41.8 Å². The van der Waals surface area contributed by atoms with Gasteiger partial charge in [0.05, 0.1) is 18.9 Å². The number of amides is 1. The number of aryl methyl sites for hydroxylation is 2. The topological polar surface area (TPSA) is 67.4 Å². The Bertz CT molecular complexity index is 695. The zero-order valence-electron chi connectivity index (χ0n) is 13.3. The summed E-state index contributed by atoms with van der Waals surface area (Å²) in [5.41, 5.74) is 3.77. The average Bonchev–Trinajstić information content (AvgIpc) is 3.06. The largest absolute Gasteiger partial charge is 0.378 e. The number of carbonyl (C=O) groups excluding carboxylic acids is 1. The lowest BCUT2D eigenvalue weighted by Gasteiger charge is -2.29. The fraction of sp³-hybridized carbons (Fsp3) is 0.438.